The van der Waals surface area contributed by atoms with E-state index in [1.807, 2.05) is 42.5 Å². The number of carboxylic acid groups (broad SMARTS) is 1. The van der Waals surface area contributed by atoms with Crippen molar-refractivity contribution >= 4 is 23.5 Å². The maximum atomic E-state index is 12.8. The molecule has 0 saturated carbocycles. The maximum Gasteiger partial charge on any atom is 0.332 e. The van der Waals surface area contributed by atoms with Gasteiger partial charge in [0.15, 0.2) is 0 Å². The zero-order valence-electron chi connectivity index (χ0n) is 14.4. The van der Waals surface area contributed by atoms with Crippen LogP contribution in [0.4, 0.5) is 5.69 Å². The average Bonchev–Trinajstić information content (AvgIpc) is 3.13. The molecule has 0 heterocycles. The molecule has 0 spiro atoms. The highest BCUT2D eigenvalue weighted by Gasteiger charge is 2.31. The van der Waals surface area contributed by atoms with E-state index in [9.17, 15) is 19.5 Å². The van der Waals surface area contributed by atoms with Gasteiger partial charge in [-0.25, -0.2) is 9.69 Å². The van der Waals surface area contributed by atoms with Gasteiger partial charge in [-0.2, -0.15) is 0 Å². The Morgan fingerprint density at radius 1 is 0.846 bits per heavy atom. The zero-order chi connectivity index (χ0) is 18.7. The van der Waals surface area contributed by atoms with Gasteiger partial charge in [0.05, 0.1) is 5.69 Å². The van der Waals surface area contributed by atoms with Crippen LogP contribution < -0.4 is 4.90 Å². The number of carbonyl (C=O) groups excluding carboxylic acids is 2. The first-order valence-corrected chi connectivity index (χ1v) is 8.45. The molecule has 2 amide bonds. The molecule has 5 nitrogen and oxygen atoms in total. The third-order valence-electron chi connectivity index (χ3n) is 4.48. The molecule has 1 aliphatic carbocycles. The van der Waals surface area contributed by atoms with Gasteiger partial charge in [0, 0.05) is 18.1 Å². The summed E-state index contributed by atoms with van der Waals surface area (Å²) < 4.78 is 0. The summed E-state index contributed by atoms with van der Waals surface area (Å²) in [7, 11) is 0. The molecule has 26 heavy (non-hydrogen) atoms. The fourth-order valence-electron chi connectivity index (χ4n) is 3.23. The van der Waals surface area contributed by atoms with Crippen molar-refractivity contribution in [3.05, 3.63) is 65.7 Å². The molecule has 0 aliphatic heterocycles. The molecule has 0 aromatic heterocycles. The normalized spacial score (nSPS) is 13.6. The Hall–Kier alpha value is -3.21. The van der Waals surface area contributed by atoms with E-state index in [1.165, 1.54) is 6.92 Å². The average molecular weight is 349 g/mol. The van der Waals surface area contributed by atoms with Crippen molar-refractivity contribution in [2.75, 3.05) is 4.90 Å². The number of nitrogens with zero attached hydrogens (tertiary/aromatic N) is 1. The van der Waals surface area contributed by atoms with Crippen LogP contribution in [0.3, 0.4) is 0 Å². The Labute approximate surface area is 151 Å². The molecule has 0 bridgehead atoms. The van der Waals surface area contributed by atoms with Gasteiger partial charge >= 0.3 is 5.97 Å². The molecule has 0 radical (unpaired) electrons. The summed E-state index contributed by atoms with van der Waals surface area (Å²) in [6.45, 7) is 1.30. The van der Waals surface area contributed by atoms with Crippen LogP contribution in [0.2, 0.25) is 0 Å². The van der Waals surface area contributed by atoms with Gasteiger partial charge in [-0.05, 0) is 42.5 Å². The lowest BCUT2D eigenvalue weighted by Crippen LogP contribution is -2.36. The summed E-state index contributed by atoms with van der Waals surface area (Å²) in [6, 6.07) is 16.9. The first kappa shape index (κ1) is 17.6. The highest BCUT2D eigenvalue weighted by atomic mass is 16.4. The molecule has 0 unspecified atom stereocenters. The fraction of sp³-hybridized carbons (Fsp3) is 0.190. The second-order valence-electron chi connectivity index (χ2n) is 6.19. The highest BCUT2D eigenvalue weighted by Crippen LogP contribution is 2.30. The van der Waals surface area contributed by atoms with Crippen molar-refractivity contribution in [3.8, 4) is 11.1 Å². The minimum Gasteiger partial charge on any atom is -0.478 e. The molecule has 132 valence electrons. The lowest BCUT2D eigenvalue weighted by Gasteiger charge is -2.20. The summed E-state index contributed by atoms with van der Waals surface area (Å²) >= 11 is 0. The predicted molar refractivity (Wildman–Crippen MR) is 98.6 cm³/mol. The van der Waals surface area contributed by atoms with Crippen molar-refractivity contribution < 1.29 is 19.5 Å². The lowest BCUT2D eigenvalue weighted by atomic mass is 10.0. The molecule has 5 heteroatoms. The molecule has 2 aromatic carbocycles. The quantitative estimate of drug-likeness (QED) is 0.911. The van der Waals surface area contributed by atoms with Gasteiger partial charge in [-0.15, -0.1) is 0 Å². The number of rotatable bonds is 4. The van der Waals surface area contributed by atoms with Crippen LogP contribution in [0.15, 0.2) is 65.7 Å². The summed E-state index contributed by atoms with van der Waals surface area (Å²) in [5.41, 5.74) is 2.77. The Balaban J connectivity index is 1.94. The van der Waals surface area contributed by atoms with Crippen LogP contribution >= 0.6 is 0 Å². The Morgan fingerprint density at radius 3 is 2.00 bits per heavy atom. The SMILES string of the molecule is CC(=O)N(C(=O)C1=C(C(=O)O)CCC1)c1ccc(-c2ccccc2)cc1. The van der Waals surface area contributed by atoms with Crippen molar-refractivity contribution in [1.82, 2.24) is 0 Å². The number of hydrogen-bond donors (Lipinski definition) is 1. The van der Waals surface area contributed by atoms with E-state index >= 15 is 0 Å². The topological polar surface area (TPSA) is 74.7 Å². The molecule has 0 fully saturated rings. The largest absolute Gasteiger partial charge is 0.478 e. The number of carbonyl (C=O) groups is 3. The molecule has 1 N–H and O–H groups in total. The third-order valence-corrected chi connectivity index (χ3v) is 4.48. The van der Waals surface area contributed by atoms with Gasteiger partial charge in [0.2, 0.25) is 5.91 Å². The number of amides is 2. The number of benzene rings is 2. The molecule has 2 aromatic rings. The summed E-state index contributed by atoms with van der Waals surface area (Å²) in [4.78, 5) is 37.3. The second-order valence-corrected chi connectivity index (χ2v) is 6.19. The minimum absolute atomic E-state index is 0.113. The van der Waals surface area contributed by atoms with E-state index < -0.39 is 17.8 Å². The molecular formula is C21H19NO4. The summed E-state index contributed by atoms with van der Waals surface area (Å²) in [5, 5.41) is 9.27. The van der Waals surface area contributed by atoms with E-state index in [4.69, 9.17) is 0 Å². The van der Waals surface area contributed by atoms with Gasteiger partial charge < -0.3 is 5.11 Å². The number of aliphatic carboxylic acids is 1. The van der Waals surface area contributed by atoms with Gasteiger partial charge in [0.25, 0.3) is 5.91 Å². The molecule has 0 atom stereocenters. The van der Waals surface area contributed by atoms with Crippen LogP contribution in [0, 0.1) is 0 Å². The van der Waals surface area contributed by atoms with E-state index in [2.05, 4.69) is 0 Å². The maximum absolute atomic E-state index is 12.8. The minimum atomic E-state index is -1.09. The Morgan fingerprint density at radius 2 is 1.42 bits per heavy atom. The molecule has 1 aliphatic rings. The van der Waals surface area contributed by atoms with Crippen molar-refractivity contribution in [1.29, 1.82) is 0 Å². The van der Waals surface area contributed by atoms with E-state index in [0.717, 1.165) is 16.0 Å². The lowest BCUT2D eigenvalue weighted by molar-refractivity contribution is -0.133. The van der Waals surface area contributed by atoms with Gasteiger partial charge in [0.1, 0.15) is 0 Å². The second kappa shape index (κ2) is 7.35. The predicted octanol–water partition coefficient (Wildman–Crippen LogP) is 3.80. The number of anilines is 1. The summed E-state index contributed by atoms with van der Waals surface area (Å²) in [5.74, 6) is -2.07. The first-order valence-electron chi connectivity index (χ1n) is 8.45. The number of carboxylic acids is 1. The van der Waals surface area contributed by atoms with Crippen LogP contribution in [0.5, 0.6) is 0 Å². The van der Waals surface area contributed by atoms with E-state index in [0.29, 0.717) is 24.9 Å². The zero-order valence-corrected chi connectivity index (χ0v) is 14.4. The Bertz CT molecular complexity index is 882. The van der Waals surface area contributed by atoms with E-state index in [1.54, 1.807) is 12.1 Å². The van der Waals surface area contributed by atoms with Crippen LogP contribution in [-0.2, 0) is 14.4 Å². The summed E-state index contributed by atoms with van der Waals surface area (Å²) in [6.07, 6.45) is 1.35. The smallest absolute Gasteiger partial charge is 0.332 e. The van der Waals surface area contributed by atoms with Crippen molar-refractivity contribution in [3.63, 3.8) is 0 Å². The van der Waals surface area contributed by atoms with Gasteiger partial charge in [-0.1, -0.05) is 42.5 Å². The molecule has 0 saturated heterocycles. The van der Waals surface area contributed by atoms with Gasteiger partial charge in [-0.3, -0.25) is 9.59 Å². The van der Waals surface area contributed by atoms with Crippen LogP contribution in [0.25, 0.3) is 11.1 Å². The number of imide groups is 1. The molecule has 3 rings (SSSR count). The highest BCUT2D eigenvalue weighted by molar-refractivity contribution is 6.22. The third kappa shape index (κ3) is 3.42. The van der Waals surface area contributed by atoms with E-state index in [-0.39, 0.29) is 11.1 Å². The van der Waals surface area contributed by atoms with Crippen molar-refractivity contribution in [2.45, 2.75) is 26.2 Å². The monoisotopic (exact) mass is 349 g/mol. The number of hydrogen-bond acceptors (Lipinski definition) is 3. The van der Waals surface area contributed by atoms with Crippen LogP contribution in [0.1, 0.15) is 26.2 Å². The standard InChI is InChI=1S/C21H19NO4/c1-14(23)22(20(24)18-8-5-9-19(18)21(25)26)17-12-10-16(11-13-17)15-6-3-2-4-7-15/h2-4,6-7,10-13H,5,8-9H2,1H3,(H,25,26). The fourth-order valence-corrected chi connectivity index (χ4v) is 3.23. The molecular weight excluding hydrogens is 330 g/mol. The first-order chi connectivity index (χ1) is 12.5. The van der Waals surface area contributed by atoms with Crippen LogP contribution in [-0.4, -0.2) is 22.9 Å². The van der Waals surface area contributed by atoms with Crippen molar-refractivity contribution in [2.24, 2.45) is 0 Å². The Kier molecular flexibility index (Phi) is 4.98.